The van der Waals surface area contributed by atoms with Crippen LogP contribution in [0, 0.1) is 5.41 Å². The lowest BCUT2D eigenvalue weighted by atomic mass is 9.84. The summed E-state index contributed by atoms with van der Waals surface area (Å²) in [5.74, 6) is -0.0641. The van der Waals surface area contributed by atoms with Crippen LogP contribution in [0.1, 0.15) is 69.6 Å². The van der Waals surface area contributed by atoms with Crippen LogP contribution in [0.3, 0.4) is 0 Å². The van der Waals surface area contributed by atoms with Crippen LogP contribution in [0.4, 0.5) is 0 Å². The van der Waals surface area contributed by atoms with Crippen LogP contribution in [-0.2, 0) is 21.6 Å². The van der Waals surface area contributed by atoms with Crippen molar-refractivity contribution >= 4 is 5.97 Å². The Bertz CT molecular complexity index is 841. The van der Waals surface area contributed by atoms with E-state index in [-0.39, 0.29) is 5.97 Å². The fraction of sp³-hybridized carbons (Fsp3) is 0.458. The van der Waals surface area contributed by atoms with E-state index in [1.165, 1.54) is 27.8 Å². The van der Waals surface area contributed by atoms with Crippen molar-refractivity contribution < 1.29 is 9.53 Å². The second-order valence-corrected chi connectivity index (χ2v) is 8.50. The normalized spacial score (nSPS) is 17.7. The monoisotopic (exact) mass is 348 g/mol. The number of ether oxygens (including phenoxy) is 1. The highest BCUT2D eigenvalue weighted by atomic mass is 16.6. The number of esters is 1. The maximum Gasteiger partial charge on any atom is 0.312 e. The van der Waals surface area contributed by atoms with Crippen molar-refractivity contribution in [3.63, 3.8) is 0 Å². The van der Waals surface area contributed by atoms with Crippen LogP contribution in [0.25, 0.3) is 11.1 Å². The largest absolute Gasteiger partial charge is 0.454 e. The van der Waals surface area contributed by atoms with Crippen molar-refractivity contribution in [1.29, 1.82) is 0 Å². The third-order valence-electron chi connectivity index (χ3n) is 6.44. The fourth-order valence-corrected chi connectivity index (χ4v) is 4.40. The summed E-state index contributed by atoms with van der Waals surface area (Å²) in [5, 5.41) is 0. The number of rotatable bonds is 4. The molecule has 0 aromatic heterocycles. The second-order valence-electron chi connectivity index (χ2n) is 8.50. The molecule has 0 bridgehead atoms. The smallest absolute Gasteiger partial charge is 0.312 e. The zero-order chi connectivity index (χ0) is 18.4. The predicted octanol–water partition coefficient (Wildman–Crippen LogP) is 6.01. The van der Waals surface area contributed by atoms with Crippen molar-refractivity contribution in [2.24, 2.45) is 5.41 Å². The van der Waals surface area contributed by atoms with E-state index < -0.39 is 11.0 Å². The summed E-state index contributed by atoms with van der Waals surface area (Å²) in [6.07, 6.45) is 5.85. The molecule has 2 aliphatic carbocycles. The molecular formula is C24H28O2. The highest BCUT2D eigenvalue weighted by molar-refractivity contribution is 5.81. The standard InChI is InChI=1S/C24H28O2/c1-4-23(2,3)22(25)26-24(14-7-8-15-24)20-13-9-11-18-16-17-10-5-6-12-19(17)21(18)20/h5-6,9-13H,4,7-8,14-16H2,1-3H3. The molecule has 26 heavy (non-hydrogen) atoms. The molecule has 0 spiro atoms. The lowest BCUT2D eigenvalue weighted by Crippen LogP contribution is -2.36. The summed E-state index contributed by atoms with van der Waals surface area (Å²) >= 11 is 0. The van der Waals surface area contributed by atoms with Gasteiger partial charge < -0.3 is 4.74 Å². The molecule has 136 valence electrons. The van der Waals surface area contributed by atoms with Crippen LogP contribution in [-0.4, -0.2) is 5.97 Å². The summed E-state index contributed by atoms with van der Waals surface area (Å²) < 4.78 is 6.34. The van der Waals surface area contributed by atoms with Crippen molar-refractivity contribution in [1.82, 2.24) is 0 Å². The van der Waals surface area contributed by atoms with Gasteiger partial charge in [0.25, 0.3) is 0 Å². The summed E-state index contributed by atoms with van der Waals surface area (Å²) in [7, 11) is 0. The van der Waals surface area contributed by atoms with Gasteiger partial charge in [0.15, 0.2) is 0 Å². The average Bonchev–Trinajstić information content (AvgIpc) is 3.26. The Morgan fingerprint density at radius 1 is 1.04 bits per heavy atom. The molecule has 0 aliphatic heterocycles. The Morgan fingerprint density at radius 2 is 1.73 bits per heavy atom. The first-order valence-corrected chi connectivity index (χ1v) is 9.91. The first-order chi connectivity index (χ1) is 12.5. The number of carbonyl (C=O) groups is 1. The average molecular weight is 348 g/mol. The molecule has 2 aliphatic rings. The molecule has 0 saturated heterocycles. The molecule has 2 heteroatoms. The van der Waals surface area contributed by atoms with Crippen molar-refractivity contribution in [3.8, 4) is 11.1 Å². The van der Waals surface area contributed by atoms with Gasteiger partial charge >= 0.3 is 5.97 Å². The minimum absolute atomic E-state index is 0.0641. The van der Waals surface area contributed by atoms with Gasteiger partial charge in [0.1, 0.15) is 5.60 Å². The topological polar surface area (TPSA) is 26.3 Å². The molecule has 0 radical (unpaired) electrons. The first-order valence-electron chi connectivity index (χ1n) is 9.91. The van der Waals surface area contributed by atoms with Crippen LogP contribution in [0.5, 0.6) is 0 Å². The van der Waals surface area contributed by atoms with E-state index in [1.54, 1.807) is 0 Å². The maximum absolute atomic E-state index is 13.0. The number of carbonyl (C=O) groups excluding carboxylic acids is 1. The second kappa shape index (κ2) is 6.26. The molecule has 2 aromatic carbocycles. The molecule has 0 heterocycles. The number of fused-ring (bicyclic) bond motifs is 3. The number of hydrogen-bond acceptors (Lipinski definition) is 2. The quantitative estimate of drug-likeness (QED) is 0.540. The Balaban J connectivity index is 1.81. The number of hydrogen-bond donors (Lipinski definition) is 0. The van der Waals surface area contributed by atoms with Gasteiger partial charge in [0, 0.05) is 5.56 Å². The van der Waals surface area contributed by atoms with Crippen LogP contribution in [0.15, 0.2) is 42.5 Å². The molecule has 1 saturated carbocycles. The maximum atomic E-state index is 13.0. The fourth-order valence-electron chi connectivity index (χ4n) is 4.40. The van der Waals surface area contributed by atoms with Crippen molar-refractivity contribution in [3.05, 3.63) is 59.2 Å². The summed E-state index contributed by atoms with van der Waals surface area (Å²) in [6, 6.07) is 15.2. The molecule has 0 amide bonds. The molecular weight excluding hydrogens is 320 g/mol. The Labute approximate surface area is 156 Å². The van der Waals surface area contributed by atoms with E-state index in [0.717, 1.165) is 38.5 Å². The van der Waals surface area contributed by atoms with Crippen LogP contribution >= 0.6 is 0 Å². The highest BCUT2D eigenvalue weighted by Gasteiger charge is 2.44. The molecule has 2 nitrogen and oxygen atoms in total. The first kappa shape index (κ1) is 17.3. The van der Waals surface area contributed by atoms with Gasteiger partial charge in [0.05, 0.1) is 5.41 Å². The predicted molar refractivity (Wildman–Crippen MR) is 105 cm³/mol. The highest BCUT2D eigenvalue weighted by Crippen LogP contribution is 2.50. The summed E-state index contributed by atoms with van der Waals surface area (Å²) in [5.41, 5.74) is 5.68. The van der Waals surface area contributed by atoms with Gasteiger partial charge in [-0.15, -0.1) is 0 Å². The van der Waals surface area contributed by atoms with Gasteiger partial charge in [-0.3, -0.25) is 4.79 Å². The Hall–Kier alpha value is -2.09. The van der Waals surface area contributed by atoms with Crippen molar-refractivity contribution in [2.45, 2.75) is 64.9 Å². The third kappa shape index (κ3) is 2.67. The van der Waals surface area contributed by atoms with Gasteiger partial charge in [-0.2, -0.15) is 0 Å². The number of benzene rings is 2. The minimum atomic E-state index is -0.466. The third-order valence-corrected chi connectivity index (χ3v) is 6.44. The zero-order valence-electron chi connectivity index (χ0n) is 16.1. The van der Waals surface area contributed by atoms with E-state index in [4.69, 9.17) is 4.74 Å². The lowest BCUT2D eigenvalue weighted by molar-refractivity contribution is -0.171. The van der Waals surface area contributed by atoms with Gasteiger partial charge in [-0.25, -0.2) is 0 Å². The summed E-state index contributed by atoms with van der Waals surface area (Å²) in [4.78, 5) is 13.0. The summed E-state index contributed by atoms with van der Waals surface area (Å²) in [6.45, 7) is 6.03. The Morgan fingerprint density at radius 3 is 2.46 bits per heavy atom. The van der Waals surface area contributed by atoms with Crippen LogP contribution in [0.2, 0.25) is 0 Å². The zero-order valence-corrected chi connectivity index (χ0v) is 16.1. The van der Waals surface area contributed by atoms with Crippen molar-refractivity contribution in [2.75, 3.05) is 0 Å². The lowest BCUT2D eigenvalue weighted by Gasteiger charge is -2.35. The van der Waals surface area contributed by atoms with Gasteiger partial charge in [-0.05, 0) is 74.6 Å². The molecule has 0 N–H and O–H groups in total. The molecule has 2 aromatic rings. The van der Waals surface area contributed by atoms with Gasteiger partial charge in [0.2, 0.25) is 0 Å². The molecule has 1 fully saturated rings. The van der Waals surface area contributed by atoms with E-state index in [1.807, 2.05) is 13.8 Å². The SMILES string of the molecule is CCC(C)(C)C(=O)OC1(c2cccc3c2-c2ccccc2C3)CCCC1. The Kier molecular flexibility index (Phi) is 4.17. The van der Waals surface area contributed by atoms with E-state index in [0.29, 0.717) is 0 Å². The molecule has 0 unspecified atom stereocenters. The molecule has 4 rings (SSSR count). The van der Waals surface area contributed by atoms with E-state index >= 15 is 0 Å². The van der Waals surface area contributed by atoms with E-state index in [2.05, 4.69) is 49.4 Å². The molecule has 0 atom stereocenters. The van der Waals surface area contributed by atoms with Gasteiger partial charge in [-0.1, -0.05) is 49.4 Å². The van der Waals surface area contributed by atoms with E-state index in [9.17, 15) is 4.79 Å². The van der Waals surface area contributed by atoms with Crippen LogP contribution < -0.4 is 0 Å². The minimum Gasteiger partial charge on any atom is -0.454 e.